The zero-order valence-corrected chi connectivity index (χ0v) is 13.6. The third kappa shape index (κ3) is 2.89. The van der Waals surface area contributed by atoms with Gasteiger partial charge in [0.25, 0.3) is 0 Å². The van der Waals surface area contributed by atoms with Crippen molar-refractivity contribution in [3.05, 3.63) is 52.6 Å². The first kappa shape index (κ1) is 15.8. The number of halogens is 3. The van der Waals surface area contributed by atoms with E-state index in [0.717, 1.165) is 5.56 Å². The number of benzene rings is 2. The van der Waals surface area contributed by atoms with Crippen LogP contribution in [0.5, 0.6) is 5.75 Å². The number of hydrogen-bond donors (Lipinski definition) is 1. The molecular formula is C16H12ClF2N5O. The molecule has 2 aromatic carbocycles. The van der Waals surface area contributed by atoms with Crippen LogP contribution in [-0.2, 0) is 6.54 Å². The number of nitrogens with zero attached hydrogens (tertiary/aromatic N) is 4. The molecule has 0 atom stereocenters. The van der Waals surface area contributed by atoms with Gasteiger partial charge in [0.15, 0.2) is 5.82 Å². The molecule has 1 aliphatic rings. The van der Waals surface area contributed by atoms with Gasteiger partial charge in [0.1, 0.15) is 18.2 Å². The van der Waals surface area contributed by atoms with Gasteiger partial charge in [0.2, 0.25) is 5.82 Å². The number of anilines is 1. The third-order valence-electron chi connectivity index (χ3n) is 3.92. The second-order valence-electron chi connectivity index (χ2n) is 5.53. The minimum atomic E-state index is -0.656. The lowest BCUT2D eigenvalue weighted by atomic mass is 10.1. The molecule has 1 aliphatic heterocycles. The van der Waals surface area contributed by atoms with Gasteiger partial charge in [-0.15, -0.1) is 10.2 Å². The van der Waals surface area contributed by atoms with Gasteiger partial charge in [-0.2, -0.15) is 5.21 Å². The maximum Gasteiger partial charge on any atom is 0.209 e. The number of aromatic nitrogens is 4. The van der Waals surface area contributed by atoms with Gasteiger partial charge >= 0.3 is 0 Å². The molecule has 0 saturated heterocycles. The Morgan fingerprint density at radius 3 is 2.92 bits per heavy atom. The van der Waals surface area contributed by atoms with Crippen LogP contribution in [0.15, 0.2) is 30.3 Å². The second kappa shape index (κ2) is 6.29. The number of aromatic amines is 1. The Kier molecular flexibility index (Phi) is 3.96. The Bertz CT molecular complexity index is 919. The first-order valence-electron chi connectivity index (χ1n) is 7.51. The van der Waals surface area contributed by atoms with Crippen LogP contribution in [0.3, 0.4) is 0 Å². The lowest BCUT2D eigenvalue weighted by molar-refractivity contribution is 0.306. The molecule has 2 heterocycles. The van der Waals surface area contributed by atoms with Crippen molar-refractivity contribution in [2.24, 2.45) is 0 Å². The smallest absolute Gasteiger partial charge is 0.209 e. The lowest BCUT2D eigenvalue weighted by Crippen LogP contribution is -2.33. The molecule has 3 aromatic rings. The molecular weight excluding hydrogens is 352 g/mol. The molecule has 1 aromatic heterocycles. The van der Waals surface area contributed by atoms with E-state index in [2.05, 4.69) is 20.6 Å². The number of rotatable bonds is 3. The predicted octanol–water partition coefficient (Wildman–Crippen LogP) is 3.20. The maximum absolute atomic E-state index is 14.7. The highest BCUT2D eigenvalue weighted by Crippen LogP contribution is 2.44. The molecule has 128 valence electrons. The summed E-state index contributed by atoms with van der Waals surface area (Å²) in [5.74, 6) is -0.483. The van der Waals surface area contributed by atoms with Crippen molar-refractivity contribution < 1.29 is 13.5 Å². The monoisotopic (exact) mass is 363 g/mol. The van der Waals surface area contributed by atoms with Gasteiger partial charge in [-0.05, 0) is 22.9 Å². The Balaban J connectivity index is 1.84. The molecule has 0 saturated carbocycles. The van der Waals surface area contributed by atoms with Crippen LogP contribution in [0.25, 0.3) is 11.4 Å². The van der Waals surface area contributed by atoms with Crippen LogP contribution >= 0.6 is 11.6 Å². The summed E-state index contributed by atoms with van der Waals surface area (Å²) in [6, 6.07) is 7.68. The van der Waals surface area contributed by atoms with Crippen LogP contribution in [0, 0.1) is 11.6 Å². The third-order valence-corrected chi connectivity index (χ3v) is 4.20. The van der Waals surface area contributed by atoms with Crippen molar-refractivity contribution in [2.45, 2.75) is 6.54 Å². The van der Waals surface area contributed by atoms with Crippen LogP contribution in [0.2, 0.25) is 5.02 Å². The summed E-state index contributed by atoms with van der Waals surface area (Å²) < 4.78 is 33.9. The molecule has 0 unspecified atom stereocenters. The van der Waals surface area contributed by atoms with E-state index in [1.807, 2.05) is 4.90 Å². The molecule has 0 fully saturated rings. The first-order valence-corrected chi connectivity index (χ1v) is 7.89. The van der Waals surface area contributed by atoms with Gasteiger partial charge in [-0.25, -0.2) is 8.78 Å². The molecule has 4 rings (SSSR count). The van der Waals surface area contributed by atoms with Crippen LogP contribution in [0.4, 0.5) is 14.5 Å². The van der Waals surface area contributed by atoms with Crippen molar-refractivity contribution in [1.82, 2.24) is 20.6 Å². The van der Waals surface area contributed by atoms with E-state index in [1.165, 1.54) is 18.2 Å². The first-order chi connectivity index (χ1) is 12.1. The minimum Gasteiger partial charge on any atom is -0.489 e. The molecule has 25 heavy (non-hydrogen) atoms. The van der Waals surface area contributed by atoms with Crippen molar-refractivity contribution in [3.8, 4) is 17.1 Å². The quantitative estimate of drug-likeness (QED) is 0.774. The molecule has 9 heteroatoms. The van der Waals surface area contributed by atoms with Crippen LogP contribution < -0.4 is 9.64 Å². The average molecular weight is 364 g/mol. The zero-order chi connectivity index (χ0) is 17.4. The van der Waals surface area contributed by atoms with Crippen molar-refractivity contribution in [3.63, 3.8) is 0 Å². The SMILES string of the molecule is Fc1cccc(CN2CCOc3cc(Cl)c(F)c(-c4nn[nH]n4)c32)c1. The minimum absolute atomic E-state index is 0.0750. The highest BCUT2D eigenvalue weighted by atomic mass is 35.5. The topological polar surface area (TPSA) is 66.9 Å². The molecule has 0 bridgehead atoms. The fraction of sp³-hybridized carbons (Fsp3) is 0.188. The van der Waals surface area contributed by atoms with Gasteiger partial charge in [-0.1, -0.05) is 23.7 Å². The number of nitrogens with one attached hydrogen (secondary N) is 1. The Morgan fingerprint density at radius 2 is 2.16 bits per heavy atom. The fourth-order valence-electron chi connectivity index (χ4n) is 2.88. The molecule has 0 spiro atoms. The zero-order valence-electron chi connectivity index (χ0n) is 12.8. The highest BCUT2D eigenvalue weighted by Gasteiger charge is 2.29. The Hall–Kier alpha value is -2.74. The summed E-state index contributed by atoms with van der Waals surface area (Å²) in [6.07, 6.45) is 0. The van der Waals surface area contributed by atoms with E-state index in [-0.39, 0.29) is 22.2 Å². The number of hydrogen-bond acceptors (Lipinski definition) is 5. The molecule has 6 nitrogen and oxygen atoms in total. The number of tetrazole rings is 1. The summed E-state index contributed by atoms with van der Waals surface area (Å²) in [5.41, 5.74) is 1.33. The Labute approximate surface area is 146 Å². The maximum atomic E-state index is 14.7. The van der Waals surface area contributed by atoms with E-state index < -0.39 is 5.82 Å². The molecule has 0 aliphatic carbocycles. The second-order valence-corrected chi connectivity index (χ2v) is 5.94. The van der Waals surface area contributed by atoms with Gasteiger partial charge < -0.3 is 9.64 Å². The van der Waals surface area contributed by atoms with Crippen LogP contribution in [-0.4, -0.2) is 33.8 Å². The van der Waals surface area contributed by atoms with Gasteiger partial charge in [-0.3, -0.25) is 0 Å². The standard InChI is InChI=1S/C16H12ClF2N5O/c17-11-7-12-15(13(14(11)19)16-20-22-23-21-16)24(4-5-25-12)8-9-2-1-3-10(18)6-9/h1-3,6-7H,4-5,8H2,(H,20,21,22,23). The molecule has 1 N–H and O–H groups in total. The largest absolute Gasteiger partial charge is 0.489 e. The fourth-order valence-corrected chi connectivity index (χ4v) is 3.07. The van der Waals surface area contributed by atoms with Crippen molar-refractivity contribution in [1.29, 1.82) is 0 Å². The molecule has 0 amide bonds. The molecule has 0 radical (unpaired) electrons. The summed E-state index contributed by atoms with van der Waals surface area (Å²) >= 11 is 5.99. The van der Waals surface area contributed by atoms with E-state index >= 15 is 0 Å². The summed E-state index contributed by atoms with van der Waals surface area (Å²) in [7, 11) is 0. The van der Waals surface area contributed by atoms with E-state index in [4.69, 9.17) is 16.3 Å². The van der Waals surface area contributed by atoms with Gasteiger partial charge in [0, 0.05) is 12.6 Å². The summed E-state index contributed by atoms with van der Waals surface area (Å²) in [5, 5.41) is 13.4. The summed E-state index contributed by atoms with van der Waals surface area (Å²) in [6.45, 7) is 1.27. The number of ether oxygens (including phenoxy) is 1. The van der Waals surface area contributed by atoms with E-state index in [9.17, 15) is 8.78 Å². The summed E-state index contributed by atoms with van der Waals surface area (Å²) in [4.78, 5) is 1.89. The van der Waals surface area contributed by atoms with Crippen molar-refractivity contribution in [2.75, 3.05) is 18.1 Å². The van der Waals surface area contributed by atoms with E-state index in [1.54, 1.807) is 12.1 Å². The number of H-pyrrole nitrogens is 1. The normalized spacial score (nSPS) is 13.5. The Morgan fingerprint density at radius 1 is 1.28 bits per heavy atom. The van der Waals surface area contributed by atoms with E-state index in [0.29, 0.717) is 31.1 Å². The van der Waals surface area contributed by atoms with Crippen molar-refractivity contribution >= 4 is 17.3 Å². The average Bonchev–Trinajstić information content (AvgIpc) is 3.11. The number of fused-ring (bicyclic) bond motifs is 1. The van der Waals surface area contributed by atoms with Crippen LogP contribution in [0.1, 0.15) is 5.56 Å². The van der Waals surface area contributed by atoms with Gasteiger partial charge in [0.05, 0.1) is 22.8 Å². The predicted molar refractivity (Wildman–Crippen MR) is 87.5 cm³/mol. The lowest BCUT2D eigenvalue weighted by Gasteiger charge is -2.33. The highest BCUT2D eigenvalue weighted by molar-refractivity contribution is 6.31.